The van der Waals surface area contributed by atoms with Gasteiger partial charge in [-0.2, -0.15) is 0 Å². The zero-order chi connectivity index (χ0) is 17.1. The Hall–Kier alpha value is -2.18. The minimum Gasteiger partial charge on any atom is -0.279 e. The number of aryl methyl sites for hydroxylation is 1. The molecule has 0 spiro atoms. The molecule has 2 aromatic rings. The number of unbranched alkanes of at least 4 members (excludes halogenated alkanes) is 2. The molecule has 0 bridgehead atoms. The lowest BCUT2D eigenvalue weighted by atomic mass is 10.2. The predicted molar refractivity (Wildman–Crippen MR) is 88.8 cm³/mol. The molecule has 0 saturated carbocycles. The number of fused-ring (bicyclic) bond motifs is 1. The van der Waals surface area contributed by atoms with Crippen molar-refractivity contribution >= 4 is 17.1 Å². The Bertz CT molecular complexity index is 826. The van der Waals surface area contributed by atoms with Gasteiger partial charge in [0, 0.05) is 20.0 Å². The summed E-state index contributed by atoms with van der Waals surface area (Å²) in [4.78, 5) is 41.5. The Balaban J connectivity index is 2.58. The largest absolute Gasteiger partial charge is 0.332 e. The highest BCUT2D eigenvalue weighted by Crippen LogP contribution is 2.09. The Labute approximate surface area is 134 Å². The molecule has 7 nitrogen and oxygen atoms in total. The highest BCUT2D eigenvalue weighted by molar-refractivity contribution is 5.88. The van der Waals surface area contributed by atoms with Crippen LogP contribution in [0, 0.1) is 5.92 Å². The van der Waals surface area contributed by atoms with Gasteiger partial charge in [-0.25, -0.2) is 9.78 Å². The lowest BCUT2D eigenvalue weighted by Gasteiger charge is -2.11. The van der Waals surface area contributed by atoms with Gasteiger partial charge in [0.1, 0.15) is 6.33 Å². The molecule has 0 aliphatic heterocycles. The van der Waals surface area contributed by atoms with Crippen LogP contribution in [-0.2, 0) is 13.6 Å². The number of hydrogen-bond acceptors (Lipinski definition) is 4. The quantitative estimate of drug-likeness (QED) is 0.760. The van der Waals surface area contributed by atoms with Gasteiger partial charge in [-0.05, 0) is 12.3 Å². The topological polar surface area (TPSA) is 78.9 Å². The van der Waals surface area contributed by atoms with E-state index >= 15 is 0 Å². The van der Waals surface area contributed by atoms with Crippen molar-refractivity contribution in [2.75, 3.05) is 0 Å². The lowest BCUT2D eigenvalue weighted by Crippen LogP contribution is -2.41. The van der Waals surface area contributed by atoms with E-state index in [4.69, 9.17) is 0 Å². The standard InChI is InChI=1S/C16H24N4O3/c1-5-6-7-8-12(21)20-10-17-14-13(20)15(22)19(9-11(2)3)16(23)18(14)4/h10-11H,5-9H2,1-4H3. The Kier molecular flexibility index (Phi) is 5.18. The van der Waals surface area contributed by atoms with E-state index in [2.05, 4.69) is 11.9 Å². The molecule has 0 aromatic carbocycles. The van der Waals surface area contributed by atoms with Crippen molar-refractivity contribution in [1.29, 1.82) is 0 Å². The molecule has 0 radical (unpaired) electrons. The second kappa shape index (κ2) is 6.93. The molecule has 0 fully saturated rings. The fraction of sp³-hybridized carbons (Fsp3) is 0.625. The molecule has 2 aromatic heterocycles. The maximum Gasteiger partial charge on any atom is 0.332 e. The number of carbonyl (C=O) groups is 1. The average Bonchev–Trinajstić information content (AvgIpc) is 2.94. The summed E-state index contributed by atoms with van der Waals surface area (Å²) in [6.07, 6.45) is 4.48. The highest BCUT2D eigenvalue weighted by Gasteiger charge is 2.19. The summed E-state index contributed by atoms with van der Waals surface area (Å²) < 4.78 is 3.81. The van der Waals surface area contributed by atoms with E-state index in [1.165, 1.54) is 20.0 Å². The van der Waals surface area contributed by atoms with Gasteiger partial charge >= 0.3 is 5.69 Å². The SMILES string of the molecule is CCCCCC(=O)n1cnc2c1c(=O)n(CC(C)C)c(=O)n2C. The van der Waals surface area contributed by atoms with E-state index in [1.807, 2.05) is 13.8 Å². The first-order chi connectivity index (χ1) is 10.9. The van der Waals surface area contributed by atoms with Crippen LogP contribution in [0.4, 0.5) is 0 Å². The van der Waals surface area contributed by atoms with Crippen LogP contribution >= 0.6 is 0 Å². The van der Waals surface area contributed by atoms with Crippen molar-refractivity contribution < 1.29 is 4.79 Å². The molecular weight excluding hydrogens is 296 g/mol. The van der Waals surface area contributed by atoms with Crippen LogP contribution in [0.1, 0.15) is 51.2 Å². The van der Waals surface area contributed by atoms with Gasteiger partial charge in [0.15, 0.2) is 11.2 Å². The van der Waals surface area contributed by atoms with Gasteiger partial charge < -0.3 is 0 Å². The smallest absolute Gasteiger partial charge is 0.279 e. The summed E-state index contributed by atoms with van der Waals surface area (Å²) in [5.74, 6) is -0.0118. The monoisotopic (exact) mass is 320 g/mol. The second-order valence-corrected chi connectivity index (χ2v) is 6.29. The van der Waals surface area contributed by atoms with Crippen LogP contribution in [-0.4, -0.2) is 24.6 Å². The van der Waals surface area contributed by atoms with E-state index in [1.54, 1.807) is 7.05 Å². The molecule has 0 N–H and O–H groups in total. The Morgan fingerprint density at radius 1 is 1.26 bits per heavy atom. The average molecular weight is 320 g/mol. The normalized spacial score (nSPS) is 11.5. The summed E-state index contributed by atoms with van der Waals surface area (Å²) in [5.41, 5.74) is -0.406. The van der Waals surface area contributed by atoms with Gasteiger partial charge in [0.25, 0.3) is 5.56 Å². The number of carbonyl (C=O) groups excluding carboxylic acids is 1. The van der Waals surface area contributed by atoms with Crippen molar-refractivity contribution in [2.45, 2.75) is 53.0 Å². The van der Waals surface area contributed by atoms with Gasteiger partial charge in [-0.3, -0.25) is 23.3 Å². The van der Waals surface area contributed by atoms with Crippen LogP contribution in [0.5, 0.6) is 0 Å². The molecule has 0 saturated heterocycles. The zero-order valence-corrected chi connectivity index (χ0v) is 14.2. The molecule has 0 aliphatic rings. The first-order valence-corrected chi connectivity index (χ1v) is 8.08. The summed E-state index contributed by atoms with van der Waals surface area (Å²) >= 11 is 0. The third-order valence-corrected chi connectivity index (χ3v) is 3.84. The molecule has 2 rings (SSSR count). The fourth-order valence-corrected chi connectivity index (χ4v) is 2.63. The summed E-state index contributed by atoms with van der Waals surface area (Å²) in [6.45, 7) is 6.25. The molecule has 0 unspecified atom stereocenters. The molecule has 23 heavy (non-hydrogen) atoms. The van der Waals surface area contributed by atoms with Crippen LogP contribution < -0.4 is 11.2 Å². The minimum absolute atomic E-state index is 0.148. The van der Waals surface area contributed by atoms with E-state index in [-0.39, 0.29) is 23.0 Å². The van der Waals surface area contributed by atoms with Crippen molar-refractivity contribution in [3.8, 4) is 0 Å². The molecule has 0 amide bonds. The van der Waals surface area contributed by atoms with Crippen molar-refractivity contribution in [1.82, 2.24) is 18.7 Å². The first-order valence-electron chi connectivity index (χ1n) is 8.08. The number of aromatic nitrogens is 4. The zero-order valence-electron chi connectivity index (χ0n) is 14.2. The van der Waals surface area contributed by atoms with Crippen molar-refractivity contribution in [3.05, 3.63) is 27.2 Å². The maximum atomic E-state index is 12.7. The molecule has 2 heterocycles. The molecule has 7 heteroatoms. The van der Waals surface area contributed by atoms with Gasteiger partial charge in [0.2, 0.25) is 5.91 Å². The molecule has 126 valence electrons. The van der Waals surface area contributed by atoms with E-state index < -0.39 is 11.2 Å². The molecular formula is C16H24N4O3. The van der Waals surface area contributed by atoms with Gasteiger partial charge in [-0.15, -0.1) is 0 Å². The van der Waals surface area contributed by atoms with Gasteiger partial charge in [0.05, 0.1) is 0 Å². The van der Waals surface area contributed by atoms with Crippen LogP contribution in [0.2, 0.25) is 0 Å². The maximum absolute atomic E-state index is 12.7. The van der Waals surface area contributed by atoms with Crippen molar-refractivity contribution in [3.63, 3.8) is 0 Å². The summed E-state index contributed by atoms with van der Waals surface area (Å²) in [6, 6.07) is 0. The van der Waals surface area contributed by atoms with Crippen LogP contribution in [0.25, 0.3) is 11.2 Å². The molecule has 0 aliphatic carbocycles. The predicted octanol–water partition coefficient (Wildman–Crippen LogP) is 1.77. The van der Waals surface area contributed by atoms with E-state index in [0.29, 0.717) is 13.0 Å². The third kappa shape index (κ3) is 3.28. The first kappa shape index (κ1) is 17.2. The van der Waals surface area contributed by atoms with Crippen LogP contribution in [0.15, 0.2) is 15.9 Å². The Morgan fingerprint density at radius 2 is 1.96 bits per heavy atom. The highest BCUT2D eigenvalue weighted by atomic mass is 16.2. The van der Waals surface area contributed by atoms with E-state index in [9.17, 15) is 14.4 Å². The van der Waals surface area contributed by atoms with Gasteiger partial charge in [-0.1, -0.05) is 33.6 Å². The third-order valence-electron chi connectivity index (χ3n) is 3.84. The Morgan fingerprint density at radius 3 is 2.57 bits per heavy atom. The van der Waals surface area contributed by atoms with Crippen LogP contribution in [0.3, 0.4) is 0 Å². The number of hydrogen-bond donors (Lipinski definition) is 0. The number of rotatable bonds is 6. The van der Waals surface area contributed by atoms with Crippen molar-refractivity contribution in [2.24, 2.45) is 13.0 Å². The van der Waals surface area contributed by atoms with E-state index in [0.717, 1.165) is 19.3 Å². The minimum atomic E-state index is -0.446. The fourth-order valence-electron chi connectivity index (χ4n) is 2.63. The number of imidazole rings is 1. The lowest BCUT2D eigenvalue weighted by molar-refractivity contribution is 0.0903. The second-order valence-electron chi connectivity index (χ2n) is 6.29. The summed E-state index contributed by atoms with van der Waals surface area (Å²) in [7, 11) is 1.57. The number of nitrogens with zero attached hydrogens (tertiary/aromatic N) is 4. The molecule has 0 atom stereocenters. The summed E-state index contributed by atoms with van der Waals surface area (Å²) in [5, 5.41) is 0.